The lowest BCUT2D eigenvalue weighted by Crippen LogP contribution is -1.99. The van der Waals surface area contributed by atoms with Gasteiger partial charge in [-0.15, -0.1) is 12.6 Å². The van der Waals surface area contributed by atoms with E-state index < -0.39 is 10.1 Å². The molecule has 0 aromatic heterocycles. The molecule has 12 heavy (non-hydrogen) atoms. The molecule has 0 unspecified atom stereocenters. The van der Waals surface area contributed by atoms with Crippen LogP contribution >= 0.6 is 12.6 Å². The number of hydrogen-bond acceptors (Lipinski definition) is 3. The molecule has 0 fully saturated rings. The third kappa shape index (κ3) is 2.00. The summed E-state index contributed by atoms with van der Waals surface area (Å²) in [4.78, 5) is 0.105. The topological polar surface area (TPSA) is 54.4 Å². The second-order valence-electron chi connectivity index (χ2n) is 2.45. The zero-order chi connectivity index (χ0) is 9.35. The maximum Gasteiger partial charge on any atom is 0.295 e. The molecule has 0 bridgehead atoms. The summed E-state index contributed by atoms with van der Waals surface area (Å²) >= 11 is 3.92. The maximum atomic E-state index is 10.7. The van der Waals surface area contributed by atoms with Crippen LogP contribution in [0.3, 0.4) is 0 Å². The molecule has 0 atom stereocenters. The summed E-state index contributed by atoms with van der Waals surface area (Å²) in [6.45, 7) is 1.81. The van der Waals surface area contributed by atoms with Crippen molar-refractivity contribution in [1.82, 2.24) is 0 Å². The van der Waals surface area contributed by atoms with Crippen molar-refractivity contribution in [2.45, 2.75) is 16.7 Å². The van der Waals surface area contributed by atoms with Crippen LogP contribution in [0.15, 0.2) is 28.0 Å². The Hall–Kier alpha value is -0.520. The summed E-state index contributed by atoms with van der Waals surface area (Å²) in [6.07, 6.45) is 0. The number of benzene rings is 1. The smallest absolute Gasteiger partial charge is 0.282 e. The average Bonchev–Trinajstić information content (AvgIpc) is 1.83. The summed E-state index contributed by atoms with van der Waals surface area (Å²) < 4.78 is 30.0. The van der Waals surface area contributed by atoms with Crippen LogP contribution in [0.5, 0.6) is 0 Å². The van der Waals surface area contributed by atoms with Gasteiger partial charge >= 0.3 is 0 Å². The van der Waals surface area contributed by atoms with Crippen LogP contribution in [0, 0.1) is 6.92 Å². The molecule has 5 heteroatoms. The Morgan fingerprint density at radius 1 is 1.42 bits per heavy atom. The van der Waals surface area contributed by atoms with Crippen molar-refractivity contribution in [3.05, 3.63) is 23.8 Å². The average molecular weight is 204 g/mol. The monoisotopic (exact) mass is 204 g/mol. The van der Waals surface area contributed by atoms with E-state index in [-0.39, 0.29) is 9.79 Å². The van der Waals surface area contributed by atoms with Crippen molar-refractivity contribution in [3.63, 3.8) is 0 Å². The van der Waals surface area contributed by atoms with Crippen LogP contribution in [-0.4, -0.2) is 13.0 Å². The van der Waals surface area contributed by atoms with Gasteiger partial charge in [0, 0.05) is 4.90 Å². The molecule has 0 radical (unpaired) electrons. The highest BCUT2D eigenvalue weighted by molar-refractivity contribution is 7.87. The number of thiol groups is 1. The highest BCUT2D eigenvalue weighted by Gasteiger charge is 2.12. The Morgan fingerprint density at radius 3 is 2.42 bits per heavy atom. The number of hydrogen-bond donors (Lipinski definition) is 2. The summed E-state index contributed by atoms with van der Waals surface area (Å²) in [7, 11) is -4.13. The third-order valence-electron chi connectivity index (χ3n) is 1.39. The third-order valence-corrected chi connectivity index (χ3v) is 2.83. The molecule has 0 saturated carbocycles. The quantitative estimate of drug-likeness (QED) is 0.539. The summed E-state index contributed by atoms with van der Waals surface area (Å²) in [5.41, 5.74) is 0.896. The first kappa shape index (κ1) is 9.57. The molecular weight excluding hydrogens is 196 g/mol. The van der Waals surface area contributed by atoms with Crippen molar-refractivity contribution < 1.29 is 13.0 Å². The molecule has 0 spiro atoms. The van der Waals surface area contributed by atoms with Crippen LogP contribution in [0.2, 0.25) is 0 Å². The van der Waals surface area contributed by atoms with Crippen LogP contribution in [0.4, 0.5) is 0 Å². The standard InChI is InChI=1S/C7H8O3S2/c1-5-2-3-7(6(11)4-5)12(8,9)10/h2-4,11H,1H3,(H,8,9,10). The first-order valence-electron chi connectivity index (χ1n) is 3.18. The fraction of sp³-hybridized carbons (Fsp3) is 0.143. The number of aryl methyl sites for hydroxylation is 1. The highest BCUT2D eigenvalue weighted by Crippen LogP contribution is 2.19. The normalized spacial score (nSPS) is 11.6. The molecule has 0 aliphatic carbocycles. The van der Waals surface area contributed by atoms with Gasteiger partial charge in [0.2, 0.25) is 0 Å². The predicted molar refractivity (Wildman–Crippen MR) is 48.2 cm³/mol. The Morgan fingerprint density at radius 2 is 2.00 bits per heavy atom. The van der Waals surface area contributed by atoms with Crippen molar-refractivity contribution in [2.24, 2.45) is 0 Å². The van der Waals surface area contributed by atoms with Gasteiger partial charge in [0.15, 0.2) is 0 Å². The zero-order valence-corrected chi connectivity index (χ0v) is 8.06. The zero-order valence-electron chi connectivity index (χ0n) is 6.35. The van der Waals surface area contributed by atoms with Gasteiger partial charge in [-0.3, -0.25) is 4.55 Å². The van der Waals surface area contributed by atoms with Crippen LogP contribution in [-0.2, 0) is 10.1 Å². The lowest BCUT2D eigenvalue weighted by molar-refractivity contribution is 0.481. The molecule has 1 N–H and O–H groups in total. The van der Waals surface area contributed by atoms with E-state index in [4.69, 9.17) is 4.55 Å². The van der Waals surface area contributed by atoms with Gasteiger partial charge in [-0.2, -0.15) is 8.42 Å². The molecule has 1 rings (SSSR count). The minimum atomic E-state index is -4.13. The van der Waals surface area contributed by atoms with Gasteiger partial charge in [0.05, 0.1) is 0 Å². The Balaban J connectivity index is 3.39. The van der Waals surface area contributed by atoms with E-state index in [1.807, 2.05) is 6.92 Å². The second kappa shape index (κ2) is 3.08. The Kier molecular flexibility index (Phi) is 2.46. The van der Waals surface area contributed by atoms with Gasteiger partial charge in [0.1, 0.15) is 4.90 Å². The minimum absolute atomic E-state index is 0.156. The van der Waals surface area contributed by atoms with Crippen molar-refractivity contribution in [3.8, 4) is 0 Å². The van der Waals surface area contributed by atoms with Crippen molar-refractivity contribution >= 4 is 22.7 Å². The van der Waals surface area contributed by atoms with Gasteiger partial charge in [-0.25, -0.2) is 0 Å². The minimum Gasteiger partial charge on any atom is -0.282 e. The van der Waals surface area contributed by atoms with Crippen molar-refractivity contribution in [2.75, 3.05) is 0 Å². The van der Waals surface area contributed by atoms with E-state index in [2.05, 4.69) is 12.6 Å². The molecular formula is C7H8O3S2. The van der Waals surface area contributed by atoms with E-state index in [1.54, 1.807) is 12.1 Å². The molecule has 0 saturated heterocycles. The van der Waals surface area contributed by atoms with E-state index in [1.165, 1.54) is 6.07 Å². The van der Waals surface area contributed by atoms with E-state index >= 15 is 0 Å². The van der Waals surface area contributed by atoms with Gasteiger partial charge < -0.3 is 0 Å². The molecule has 0 aliphatic rings. The molecule has 3 nitrogen and oxygen atoms in total. The largest absolute Gasteiger partial charge is 0.295 e. The fourth-order valence-electron chi connectivity index (χ4n) is 0.846. The van der Waals surface area contributed by atoms with E-state index in [9.17, 15) is 8.42 Å². The molecule has 0 heterocycles. The Bertz CT molecular complexity index is 395. The van der Waals surface area contributed by atoms with Crippen LogP contribution < -0.4 is 0 Å². The number of rotatable bonds is 1. The first-order chi connectivity index (χ1) is 5.41. The van der Waals surface area contributed by atoms with E-state index in [0.29, 0.717) is 0 Å². The highest BCUT2D eigenvalue weighted by atomic mass is 32.2. The molecule has 0 amide bonds. The van der Waals surface area contributed by atoms with E-state index in [0.717, 1.165) is 5.56 Å². The van der Waals surface area contributed by atoms with Crippen molar-refractivity contribution in [1.29, 1.82) is 0 Å². The lowest BCUT2D eigenvalue weighted by Gasteiger charge is -2.01. The maximum absolute atomic E-state index is 10.7. The van der Waals surface area contributed by atoms with Crippen LogP contribution in [0.25, 0.3) is 0 Å². The van der Waals surface area contributed by atoms with Gasteiger partial charge in [-0.1, -0.05) is 6.07 Å². The lowest BCUT2D eigenvalue weighted by atomic mass is 10.2. The summed E-state index contributed by atoms with van der Waals surface area (Å²) in [5.74, 6) is 0. The Labute approximate surface area is 76.6 Å². The molecule has 1 aromatic carbocycles. The van der Waals surface area contributed by atoms with Gasteiger partial charge in [0.25, 0.3) is 10.1 Å². The second-order valence-corrected chi connectivity index (χ2v) is 4.32. The molecule has 1 aromatic rings. The first-order valence-corrected chi connectivity index (χ1v) is 5.07. The summed E-state index contributed by atoms with van der Waals surface area (Å²) in [5, 5.41) is 0. The predicted octanol–water partition coefficient (Wildman–Crippen LogP) is 1.53. The fourth-order valence-corrected chi connectivity index (χ4v) is 2.03. The SMILES string of the molecule is Cc1ccc(S(=O)(=O)O)c(S)c1. The summed E-state index contributed by atoms with van der Waals surface area (Å²) in [6, 6.07) is 4.50. The van der Waals surface area contributed by atoms with Gasteiger partial charge in [-0.05, 0) is 24.6 Å². The molecule has 66 valence electrons. The molecule has 0 aliphatic heterocycles. The van der Waals surface area contributed by atoms with Crippen LogP contribution in [0.1, 0.15) is 5.56 Å².